The van der Waals surface area contributed by atoms with Crippen molar-refractivity contribution < 1.29 is 14.7 Å². The fourth-order valence-electron chi connectivity index (χ4n) is 3.50. The number of carboxylic acids is 1. The van der Waals surface area contributed by atoms with Crippen LogP contribution in [0, 0.1) is 0 Å². The Bertz CT molecular complexity index is 1290. The summed E-state index contributed by atoms with van der Waals surface area (Å²) in [7, 11) is 0. The Morgan fingerprint density at radius 1 is 1.16 bits per heavy atom. The molecule has 7 nitrogen and oxygen atoms in total. The van der Waals surface area contributed by atoms with Crippen LogP contribution in [0.15, 0.2) is 41.2 Å². The number of carboxylic acid groups (broad SMARTS) is 1. The summed E-state index contributed by atoms with van der Waals surface area (Å²) in [5.41, 5.74) is 2.22. The molecule has 31 heavy (non-hydrogen) atoms. The lowest BCUT2D eigenvalue weighted by molar-refractivity contribution is -0.138. The van der Waals surface area contributed by atoms with Crippen LogP contribution in [-0.2, 0) is 16.1 Å². The minimum absolute atomic E-state index is 0.140. The second-order valence-electron chi connectivity index (χ2n) is 7.12. The van der Waals surface area contributed by atoms with Gasteiger partial charge in [-0.2, -0.15) is 0 Å². The third kappa shape index (κ3) is 4.33. The highest BCUT2D eigenvalue weighted by Crippen LogP contribution is 2.33. The number of anilines is 1. The zero-order valence-corrected chi connectivity index (χ0v) is 17.7. The summed E-state index contributed by atoms with van der Waals surface area (Å²) in [5, 5.41) is 12.8. The molecule has 0 bridgehead atoms. The first-order valence-electron chi connectivity index (χ1n) is 9.54. The number of benzene rings is 2. The number of rotatable bonds is 5. The maximum atomic E-state index is 13.0. The van der Waals surface area contributed by atoms with Gasteiger partial charge in [0.1, 0.15) is 5.82 Å². The molecular weight excluding hydrogens is 441 g/mol. The molecule has 9 heteroatoms. The molecule has 0 unspecified atom stereocenters. The molecule has 2 N–H and O–H groups in total. The Balaban J connectivity index is 1.72. The summed E-state index contributed by atoms with van der Waals surface area (Å²) in [6.07, 6.45) is 2.06. The van der Waals surface area contributed by atoms with Gasteiger partial charge in [-0.3, -0.25) is 19.0 Å². The molecule has 4 rings (SSSR count). The first-order valence-corrected chi connectivity index (χ1v) is 10.3. The molecule has 1 amide bonds. The molecule has 1 aromatic heterocycles. The molecule has 2 heterocycles. The number of halogens is 2. The first kappa shape index (κ1) is 21.1. The smallest absolute Gasteiger partial charge is 0.303 e. The second kappa shape index (κ2) is 8.53. The lowest BCUT2D eigenvalue weighted by Crippen LogP contribution is -2.21. The normalized spacial score (nSPS) is 14.1. The molecule has 0 fully saturated rings. The van der Waals surface area contributed by atoms with Gasteiger partial charge in [0.2, 0.25) is 5.91 Å². The standard InChI is InChI=1S/C22H17Cl2N3O4/c23-16-2-1-3-17(24)15(16)10-12-8-9-27-21(12)26-18-11-13(4-5-14(18)22(27)31)25-19(28)6-7-20(29)30/h1-5,10-11H,6-9H2,(H,25,28)(H,29,30)/b12-10+. The third-order valence-corrected chi connectivity index (χ3v) is 5.67. The average Bonchev–Trinajstić information content (AvgIpc) is 3.12. The molecule has 3 aromatic rings. The molecule has 0 aliphatic carbocycles. The van der Waals surface area contributed by atoms with Crippen LogP contribution >= 0.6 is 23.2 Å². The lowest BCUT2D eigenvalue weighted by Gasteiger charge is -2.09. The van der Waals surface area contributed by atoms with Crippen LogP contribution in [0.3, 0.4) is 0 Å². The summed E-state index contributed by atoms with van der Waals surface area (Å²) >= 11 is 12.6. The zero-order valence-electron chi connectivity index (χ0n) is 16.2. The van der Waals surface area contributed by atoms with Crippen LogP contribution in [0.25, 0.3) is 22.6 Å². The molecule has 2 aromatic carbocycles. The summed E-state index contributed by atoms with van der Waals surface area (Å²) in [5.74, 6) is -0.937. The van der Waals surface area contributed by atoms with Gasteiger partial charge in [0.05, 0.1) is 17.3 Å². The van der Waals surface area contributed by atoms with Crippen molar-refractivity contribution in [2.75, 3.05) is 5.32 Å². The Morgan fingerprint density at radius 3 is 2.61 bits per heavy atom. The molecule has 0 spiro atoms. The van der Waals surface area contributed by atoms with E-state index in [0.717, 1.165) is 5.57 Å². The van der Waals surface area contributed by atoms with Crippen LogP contribution in [0.5, 0.6) is 0 Å². The van der Waals surface area contributed by atoms with Gasteiger partial charge >= 0.3 is 5.97 Å². The maximum absolute atomic E-state index is 13.0. The van der Waals surface area contributed by atoms with Gasteiger partial charge in [0.15, 0.2) is 0 Å². The van der Waals surface area contributed by atoms with E-state index in [-0.39, 0.29) is 18.4 Å². The molecule has 1 aliphatic rings. The van der Waals surface area contributed by atoms with Gasteiger partial charge in [-0.25, -0.2) is 4.98 Å². The van der Waals surface area contributed by atoms with E-state index in [1.54, 1.807) is 41.0 Å². The number of aromatic nitrogens is 2. The quantitative estimate of drug-likeness (QED) is 0.588. The lowest BCUT2D eigenvalue weighted by atomic mass is 10.1. The number of hydrogen-bond donors (Lipinski definition) is 2. The first-order chi connectivity index (χ1) is 14.8. The highest BCUT2D eigenvalue weighted by molar-refractivity contribution is 6.37. The molecule has 0 saturated carbocycles. The number of carbonyl (C=O) groups is 2. The van der Waals surface area contributed by atoms with Crippen LogP contribution in [0.1, 0.15) is 30.7 Å². The van der Waals surface area contributed by atoms with Gasteiger partial charge in [0.25, 0.3) is 5.56 Å². The Morgan fingerprint density at radius 2 is 1.90 bits per heavy atom. The summed E-state index contributed by atoms with van der Waals surface area (Å²) in [6, 6.07) is 10.1. The Labute approximate surface area is 186 Å². The number of nitrogens with one attached hydrogen (secondary N) is 1. The summed E-state index contributed by atoms with van der Waals surface area (Å²) < 4.78 is 1.62. The minimum Gasteiger partial charge on any atom is -0.481 e. The van der Waals surface area contributed by atoms with E-state index in [0.29, 0.717) is 51.0 Å². The van der Waals surface area contributed by atoms with Crippen LogP contribution in [0.2, 0.25) is 10.0 Å². The molecule has 0 radical (unpaired) electrons. The van der Waals surface area contributed by atoms with E-state index in [1.807, 2.05) is 6.08 Å². The third-order valence-electron chi connectivity index (χ3n) is 5.02. The van der Waals surface area contributed by atoms with Crippen LogP contribution in [0.4, 0.5) is 5.69 Å². The fourth-order valence-corrected chi connectivity index (χ4v) is 4.01. The molecular formula is C22H17Cl2N3O4. The van der Waals surface area contributed by atoms with Crippen molar-refractivity contribution in [1.82, 2.24) is 9.55 Å². The average molecular weight is 458 g/mol. The van der Waals surface area contributed by atoms with Gasteiger partial charge < -0.3 is 10.4 Å². The number of aliphatic carboxylic acids is 1. The Hall–Kier alpha value is -3.16. The van der Waals surface area contributed by atoms with Gasteiger partial charge in [0, 0.05) is 34.3 Å². The minimum atomic E-state index is -1.04. The van der Waals surface area contributed by atoms with Crippen molar-refractivity contribution in [1.29, 1.82) is 0 Å². The topological polar surface area (TPSA) is 101 Å². The van der Waals surface area contributed by atoms with E-state index < -0.39 is 11.9 Å². The number of allylic oxidation sites excluding steroid dienone is 1. The van der Waals surface area contributed by atoms with Gasteiger partial charge in [-0.05, 0) is 48.4 Å². The van der Waals surface area contributed by atoms with Crippen molar-refractivity contribution in [2.45, 2.75) is 25.8 Å². The van der Waals surface area contributed by atoms with Crippen LogP contribution in [-0.4, -0.2) is 26.5 Å². The van der Waals surface area contributed by atoms with Crippen molar-refractivity contribution in [3.63, 3.8) is 0 Å². The van der Waals surface area contributed by atoms with Crippen molar-refractivity contribution in [2.24, 2.45) is 0 Å². The van der Waals surface area contributed by atoms with E-state index in [2.05, 4.69) is 10.3 Å². The van der Waals surface area contributed by atoms with E-state index in [1.165, 1.54) is 0 Å². The Kier molecular flexibility index (Phi) is 5.80. The van der Waals surface area contributed by atoms with E-state index in [9.17, 15) is 14.4 Å². The number of hydrogen-bond acceptors (Lipinski definition) is 4. The molecule has 0 saturated heterocycles. The highest BCUT2D eigenvalue weighted by atomic mass is 35.5. The van der Waals surface area contributed by atoms with Crippen molar-refractivity contribution in [3.8, 4) is 0 Å². The summed E-state index contributed by atoms with van der Waals surface area (Å²) in [4.78, 5) is 40.2. The number of carbonyl (C=O) groups excluding carboxylic acids is 1. The van der Waals surface area contributed by atoms with Crippen molar-refractivity contribution in [3.05, 3.63) is 68.2 Å². The zero-order chi connectivity index (χ0) is 22.1. The van der Waals surface area contributed by atoms with Gasteiger partial charge in [-0.15, -0.1) is 0 Å². The fraction of sp³-hybridized carbons (Fsp3) is 0.182. The summed E-state index contributed by atoms with van der Waals surface area (Å²) in [6.45, 7) is 0.499. The monoisotopic (exact) mass is 457 g/mol. The van der Waals surface area contributed by atoms with Crippen LogP contribution < -0.4 is 10.9 Å². The van der Waals surface area contributed by atoms with E-state index in [4.69, 9.17) is 28.3 Å². The number of fused-ring (bicyclic) bond motifs is 2. The largest absolute Gasteiger partial charge is 0.481 e. The molecule has 0 atom stereocenters. The van der Waals surface area contributed by atoms with E-state index >= 15 is 0 Å². The highest BCUT2D eigenvalue weighted by Gasteiger charge is 2.22. The van der Waals surface area contributed by atoms with Crippen molar-refractivity contribution >= 4 is 63.3 Å². The SMILES string of the molecule is O=C(O)CCC(=O)Nc1ccc2c(=O)n3c(nc2c1)/C(=C/c1c(Cl)cccc1Cl)CC3. The predicted octanol–water partition coefficient (Wildman–Crippen LogP) is 4.45. The molecule has 1 aliphatic heterocycles. The predicted molar refractivity (Wildman–Crippen MR) is 120 cm³/mol. The van der Waals surface area contributed by atoms with Gasteiger partial charge in [-0.1, -0.05) is 29.3 Å². The number of nitrogens with zero attached hydrogens (tertiary/aromatic N) is 2. The number of amides is 1. The molecule has 158 valence electrons. The maximum Gasteiger partial charge on any atom is 0.303 e. The second-order valence-corrected chi connectivity index (χ2v) is 7.94.